The number of rotatable bonds is 8. The number of hydrogen-bond donors (Lipinski definition) is 1. The van der Waals surface area contributed by atoms with Crippen LogP contribution in [0.15, 0.2) is 65.5 Å². The molecule has 0 saturated heterocycles. The molecule has 0 aliphatic carbocycles. The molecule has 2 aromatic carbocycles. The van der Waals surface area contributed by atoms with Crippen molar-refractivity contribution in [1.82, 2.24) is 4.57 Å². The molecule has 1 heterocycles. The number of hydrogen-bond acceptors (Lipinski definition) is 3. The number of nitrogens with one attached hydrogen (secondary N) is 1. The first kappa shape index (κ1) is 26.9. The monoisotopic (exact) mass is 507 g/mol. The molecular formula is C26H23F6N3O. The number of aryl methyl sites for hydroxylation is 1. The average molecular weight is 507 g/mol. The largest absolute Gasteiger partial charge is 0.417 e. The number of pyridine rings is 1. The molecule has 3 rings (SSSR count). The van der Waals surface area contributed by atoms with Crippen molar-refractivity contribution in [2.24, 2.45) is 0 Å². The Labute approximate surface area is 203 Å². The van der Waals surface area contributed by atoms with Gasteiger partial charge in [0.05, 0.1) is 18.2 Å². The molecule has 0 radical (unpaired) electrons. The fourth-order valence-electron chi connectivity index (χ4n) is 3.79. The predicted molar refractivity (Wildman–Crippen MR) is 125 cm³/mol. The van der Waals surface area contributed by atoms with E-state index in [1.54, 1.807) is 48.5 Å². The fraction of sp³-hybridized carbons (Fsp3) is 0.308. The Morgan fingerprint density at radius 3 is 2.17 bits per heavy atom. The molecule has 0 saturated carbocycles. The summed E-state index contributed by atoms with van der Waals surface area (Å²) in [5, 5.41) is 10.7. The number of nitriles is 1. The summed E-state index contributed by atoms with van der Waals surface area (Å²) >= 11 is 0. The molecule has 0 spiro atoms. The van der Waals surface area contributed by atoms with Gasteiger partial charge in [-0.05, 0) is 47.7 Å². The van der Waals surface area contributed by atoms with Gasteiger partial charge in [-0.3, -0.25) is 4.79 Å². The van der Waals surface area contributed by atoms with Crippen LogP contribution < -0.4 is 10.9 Å². The van der Waals surface area contributed by atoms with E-state index in [9.17, 15) is 36.4 Å². The number of halogens is 6. The molecule has 0 amide bonds. The lowest BCUT2D eigenvalue weighted by Crippen LogP contribution is -2.49. The van der Waals surface area contributed by atoms with Crippen molar-refractivity contribution >= 4 is 5.69 Å². The van der Waals surface area contributed by atoms with Crippen LogP contribution >= 0.6 is 0 Å². The van der Waals surface area contributed by atoms with Crippen molar-refractivity contribution in [3.05, 3.63) is 87.8 Å². The first-order valence-electron chi connectivity index (χ1n) is 11.2. The standard InChI is InChI=1S/C26H23F6N3O/c1-2-3-7-20-13-14-22(34-24(25(27,28)29)26(30,31)32)23(36)35(20)16-17-9-11-18(12-10-17)21-8-5-4-6-19(21)15-33/h4-6,8-14,24,34H,2-3,7,16H2,1H3. The molecule has 4 nitrogen and oxygen atoms in total. The third-order valence-corrected chi connectivity index (χ3v) is 5.66. The van der Waals surface area contributed by atoms with Crippen LogP contribution in [0.1, 0.15) is 36.6 Å². The van der Waals surface area contributed by atoms with Crippen LogP contribution in [0, 0.1) is 11.3 Å². The van der Waals surface area contributed by atoms with E-state index < -0.39 is 29.6 Å². The molecule has 1 aromatic heterocycles. The molecule has 1 N–H and O–H groups in total. The summed E-state index contributed by atoms with van der Waals surface area (Å²) in [5.41, 5.74) is 1.31. The third kappa shape index (κ3) is 6.27. The number of anilines is 1. The first-order valence-corrected chi connectivity index (χ1v) is 11.2. The minimum absolute atomic E-state index is 0.0454. The van der Waals surface area contributed by atoms with Crippen molar-refractivity contribution in [2.45, 2.75) is 51.1 Å². The minimum atomic E-state index is -5.63. The predicted octanol–water partition coefficient (Wildman–Crippen LogP) is 6.68. The number of aromatic nitrogens is 1. The van der Waals surface area contributed by atoms with Gasteiger partial charge in [-0.15, -0.1) is 0 Å². The van der Waals surface area contributed by atoms with Crippen LogP contribution in [0.2, 0.25) is 0 Å². The van der Waals surface area contributed by atoms with Gasteiger partial charge in [0.1, 0.15) is 5.69 Å². The summed E-state index contributed by atoms with van der Waals surface area (Å²) in [6.45, 7) is 1.88. The Morgan fingerprint density at radius 2 is 1.58 bits per heavy atom. The molecule has 36 heavy (non-hydrogen) atoms. The summed E-state index contributed by atoms with van der Waals surface area (Å²) in [4.78, 5) is 13.0. The molecular weight excluding hydrogens is 484 g/mol. The maximum absolute atomic E-state index is 13.0. The average Bonchev–Trinajstić information content (AvgIpc) is 2.82. The summed E-state index contributed by atoms with van der Waals surface area (Å²) in [6.07, 6.45) is -9.37. The van der Waals surface area contributed by atoms with Crippen LogP contribution in [0.3, 0.4) is 0 Å². The quantitative estimate of drug-likeness (QED) is 0.346. The van der Waals surface area contributed by atoms with E-state index in [-0.39, 0.29) is 6.54 Å². The zero-order valence-corrected chi connectivity index (χ0v) is 19.2. The lowest BCUT2D eigenvalue weighted by molar-refractivity contribution is -0.242. The zero-order chi connectivity index (χ0) is 26.5. The summed E-state index contributed by atoms with van der Waals surface area (Å²) in [7, 11) is 0. The SMILES string of the molecule is CCCCc1ccc(NC(C(F)(F)F)C(F)(F)F)c(=O)n1Cc1ccc(-c2ccccc2C#N)cc1. The van der Waals surface area contributed by atoms with Gasteiger partial charge in [0.2, 0.25) is 6.04 Å². The Hall–Kier alpha value is -3.74. The Kier molecular flexibility index (Phi) is 8.13. The highest BCUT2D eigenvalue weighted by atomic mass is 19.4. The van der Waals surface area contributed by atoms with Gasteiger partial charge in [-0.2, -0.15) is 31.6 Å². The fourth-order valence-corrected chi connectivity index (χ4v) is 3.79. The highest BCUT2D eigenvalue weighted by molar-refractivity contribution is 5.70. The van der Waals surface area contributed by atoms with E-state index in [2.05, 4.69) is 6.07 Å². The molecule has 0 aliphatic heterocycles. The maximum Gasteiger partial charge on any atom is 0.417 e. The van der Waals surface area contributed by atoms with Crippen molar-refractivity contribution in [1.29, 1.82) is 5.26 Å². The highest BCUT2D eigenvalue weighted by Crippen LogP contribution is 2.35. The van der Waals surface area contributed by atoms with Gasteiger partial charge in [-0.25, -0.2) is 0 Å². The van der Waals surface area contributed by atoms with Crippen molar-refractivity contribution in [3.8, 4) is 17.2 Å². The molecule has 190 valence electrons. The summed E-state index contributed by atoms with van der Waals surface area (Å²) in [6, 6.07) is 14.5. The second-order valence-electron chi connectivity index (χ2n) is 8.25. The van der Waals surface area contributed by atoms with E-state index >= 15 is 0 Å². The zero-order valence-electron chi connectivity index (χ0n) is 19.2. The van der Waals surface area contributed by atoms with Gasteiger partial charge in [0, 0.05) is 5.69 Å². The van der Waals surface area contributed by atoms with E-state index in [1.165, 1.54) is 16.0 Å². The first-order chi connectivity index (χ1) is 17.0. The Balaban J connectivity index is 1.97. The van der Waals surface area contributed by atoms with Crippen LogP contribution in [0.25, 0.3) is 11.1 Å². The highest BCUT2D eigenvalue weighted by Gasteiger charge is 2.57. The lowest BCUT2D eigenvalue weighted by Gasteiger charge is -2.25. The molecule has 0 atom stereocenters. The number of alkyl halides is 6. The van der Waals surface area contributed by atoms with E-state index in [1.807, 2.05) is 6.92 Å². The number of benzene rings is 2. The van der Waals surface area contributed by atoms with Crippen LogP contribution in [0.5, 0.6) is 0 Å². The van der Waals surface area contributed by atoms with E-state index in [0.717, 1.165) is 18.1 Å². The maximum atomic E-state index is 13.0. The van der Waals surface area contributed by atoms with Crippen molar-refractivity contribution < 1.29 is 26.3 Å². The molecule has 3 aromatic rings. The summed E-state index contributed by atoms with van der Waals surface area (Å²) in [5.74, 6) is 0. The Bertz CT molecular complexity index is 1270. The van der Waals surface area contributed by atoms with Crippen LogP contribution in [-0.4, -0.2) is 23.0 Å². The van der Waals surface area contributed by atoms with Gasteiger partial charge >= 0.3 is 12.4 Å². The lowest BCUT2D eigenvalue weighted by atomic mass is 9.99. The molecule has 0 unspecified atom stereocenters. The summed E-state index contributed by atoms with van der Waals surface area (Å²) < 4.78 is 79.5. The topological polar surface area (TPSA) is 57.8 Å². The van der Waals surface area contributed by atoms with Gasteiger partial charge < -0.3 is 9.88 Å². The number of nitrogens with zero attached hydrogens (tertiary/aromatic N) is 2. The second-order valence-corrected chi connectivity index (χ2v) is 8.25. The van der Waals surface area contributed by atoms with E-state index in [4.69, 9.17) is 0 Å². The van der Waals surface area contributed by atoms with Crippen LogP contribution in [0.4, 0.5) is 32.0 Å². The molecule has 0 bridgehead atoms. The van der Waals surface area contributed by atoms with Crippen molar-refractivity contribution in [2.75, 3.05) is 5.32 Å². The van der Waals surface area contributed by atoms with Crippen LogP contribution in [-0.2, 0) is 13.0 Å². The normalized spacial score (nSPS) is 12.0. The van der Waals surface area contributed by atoms with Gasteiger partial charge in [0.15, 0.2) is 0 Å². The van der Waals surface area contributed by atoms with Crippen molar-refractivity contribution in [3.63, 3.8) is 0 Å². The molecule has 0 aliphatic rings. The minimum Gasteiger partial charge on any atom is -0.362 e. The van der Waals surface area contributed by atoms with E-state index in [0.29, 0.717) is 35.2 Å². The second kappa shape index (κ2) is 10.9. The Morgan fingerprint density at radius 1 is 0.944 bits per heavy atom. The van der Waals surface area contributed by atoms with Gasteiger partial charge in [0.25, 0.3) is 5.56 Å². The van der Waals surface area contributed by atoms with Gasteiger partial charge in [-0.1, -0.05) is 55.8 Å². The molecule has 10 heteroatoms. The molecule has 0 fully saturated rings. The third-order valence-electron chi connectivity index (χ3n) is 5.66. The smallest absolute Gasteiger partial charge is 0.362 e. The number of unbranched alkanes of at least 4 members (excludes halogenated alkanes) is 1.